The first-order chi connectivity index (χ1) is 16.6. The first-order valence-corrected chi connectivity index (χ1v) is 10.9. The minimum Gasteiger partial charge on any atom is -0.492 e. The Labute approximate surface area is 197 Å². The molecule has 4 rings (SSSR count). The van der Waals surface area contributed by atoms with Crippen molar-refractivity contribution in [3.8, 4) is 17.0 Å². The molecule has 34 heavy (non-hydrogen) atoms. The third-order valence-corrected chi connectivity index (χ3v) is 5.20. The normalized spacial score (nSPS) is 11.0. The highest BCUT2D eigenvalue weighted by molar-refractivity contribution is 5.92. The average molecular weight is 457 g/mol. The maximum absolute atomic E-state index is 13.0. The van der Waals surface area contributed by atoms with Gasteiger partial charge in [0.05, 0.1) is 13.1 Å². The maximum Gasteiger partial charge on any atom is 0.246 e. The number of ether oxygens (including phenoxy) is 1. The summed E-state index contributed by atoms with van der Waals surface area (Å²) in [5, 5.41) is 4.74. The fraction of sp³-hybridized carbons (Fsp3) is 0.148. The van der Waals surface area contributed by atoms with E-state index in [9.17, 15) is 9.18 Å². The van der Waals surface area contributed by atoms with Crippen LogP contribution >= 0.6 is 0 Å². The Kier molecular flexibility index (Phi) is 7.45. The van der Waals surface area contributed by atoms with Crippen LogP contribution in [0, 0.1) is 5.82 Å². The summed E-state index contributed by atoms with van der Waals surface area (Å²) in [7, 11) is 1.71. The number of pyridine rings is 1. The molecule has 0 saturated heterocycles. The molecule has 2 heterocycles. The molecule has 0 unspecified atom stereocenters. The number of hydrogen-bond donors (Lipinski definition) is 0. The van der Waals surface area contributed by atoms with Crippen LogP contribution in [0.2, 0.25) is 0 Å². The summed E-state index contributed by atoms with van der Waals surface area (Å²) in [6.45, 7) is 1.32. The van der Waals surface area contributed by atoms with Crippen LogP contribution in [0.1, 0.15) is 11.1 Å². The quantitative estimate of drug-likeness (QED) is 0.343. The molecule has 0 aliphatic rings. The Morgan fingerprint density at radius 2 is 1.88 bits per heavy atom. The van der Waals surface area contributed by atoms with E-state index in [1.807, 2.05) is 53.3 Å². The van der Waals surface area contributed by atoms with Gasteiger partial charge in [0.1, 0.15) is 23.9 Å². The Morgan fingerprint density at radius 1 is 1.09 bits per heavy atom. The third kappa shape index (κ3) is 6.16. The van der Waals surface area contributed by atoms with E-state index in [4.69, 9.17) is 9.84 Å². The number of carbonyl (C=O) groups excluding carboxylic acids is 1. The number of benzene rings is 2. The highest BCUT2D eigenvalue weighted by atomic mass is 19.1. The predicted molar refractivity (Wildman–Crippen MR) is 130 cm³/mol. The molecule has 0 aliphatic heterocycles. The molecule has 0 aliphatic carbocycles. The van der Waals surface area contributed by atoms with E-state index in [-0.39, 0.29) is 11.7 Å². The van der Waals surface area contributed by atoms with Crippen molar-refractivity contribution in [3.63, 3.8) is 0 Å². The second kappa shape index (κ2) is 11.0. The summed E-state index contributed by atoms with van der Waals surface area (Å²) < 4.78 is 20.4. The van der Waals surface area contributed by atoms with Gasteiger partial charge < -0.3 is 9.64 Å². The number of hydrogen-bond acceptors (Lipinski definition) is 4. The van der Waals surface area contributed by atoms with Gasteiger partial charge in [-0.05, 0) is 48.0 Å². The van der Waals surface area contributed by atoms with Crippen molar-refractivity contribution in [1.82, 2.24) is 19.7 Å². The first kappa shape index (κ1) is 22.9. The van der Waals surface area contributed by atoms with Crippen LogP contribution in [0.5, 0.6) is 5.75 Å². The van der Waals surface area contributed by atoms with Gasteiger partial charge in [0.25, 0.3) is 0 Å². The van der Waals surface area contributed by atoms with E-state index in [1.54, 1.807) is 42.6 Å². The van der Waals surface area contributed by atoms with Gasteiger partial charge in [-0.1, -0.05) is 30.3 Å². The zero-order valence-corrected chi connectivity index (χ0v) is 18.8. The fourth-order valence-corrected chi connectivity index (χ4v) is 3.37. The number of aromatic nitrogens is 3. The third-order valence-electron chi connectivity index (χ3n) is 5.20. The summed E-state index contributed by atoms with van der Waals surface area (Å²) in [6, 6.07) is 19.7. The molecule has 2 aromatic carbocycles. The molecule has 0 saturated carbocycles. The lowest BCUT2D eigenvalue weighted by Gasteiger charge is -2.15. The number of rotatable bonds is 9. The zero-order valence-electron chi connectivity index (χ0n) is 18.8. The van der Waals surface area contributed by atoms with Crippen molar-refractivity contribution in [2.24, 2.45) is 0 Å². The minimum absolute atomic E-state index is 0.157. The molecule has 7 heteroatoms. The zero-order chi connectivity index (χ0) is 23.8. The molecule has 0 fully saturated rings. The molecule has 172 valence electrons. The molecule has 0 radical (unpaired) electrons. The Bertz CT molecular complexity index is 1240. The SMILES string of the molecule is CN(CCOc1ccc(F)cc1)C(=O)/C=C/c1cn(Cc2ccccc2)nc1-c1cccnc1. The van der Waals surface area contributed by atoms with Gasteiger partial charge in [0.2, 0.25) is 5.91 Å². The van der Waals surface area contributed by atoms with Gasteiger partial charge in [0.15, 0.2) is 0 Å². The largest absolute Gasteiger partial charge is 0.492 e. The van der Waals surface area contributed by atoms with Crippen LogP contribution < -0.4 is 4.74 Å². The number of halogens is 1. The van der Waals surface area contributed by atoms with Crippen LogP contribution in [0.4, 0.5) is 4.39 Å². The smallest absolute Gasteiger partial charge is 0.246 e. The summed E-state index contributed by atoms with van der Waals surface area (Å²) >= 11 is 0. The minimum atomic E-state index is -0.317. The topological polar surface area (TPSA) is 60.2 Å². The first-order valence-electron chi connectivity index (χ1n) is 10.9. The van der Waals surface area contributed by atoms with Gasteiger partial charge in [-0.15, -0.1) is 0 Å². The second-order valence-corrected chi connectivity index (χ2v) is 7.75. The van der Waals surface area contributed by atoms with Crippen LogP contribution in [0.3, 0.4) is 0 Å². The number of likely N-dealkylation sites (N-methyl/N-ethyl adjacent to an activating group) is 1. The second-order valence-electron chi connectivity index (χ2n) is 7.75. The number of carbonyl (C=O) groups is 1. The summed E-state index contributed by atoms with van der Waals surface area (Å²) in [4.78, 5) is 18.4. The molecule has 2 aromatic heterocycles. The maximum atomic E-state index is 13.0. The summed E-state index contributed by atoms with van der Waals surface area (Å²) in [6.07, 6.45) is 8.70. The van der Waals surface area contributed by atoms with E-state index in [1.165, 1.54) is 18.2 Å². The van der Waals surface area contributed by atoms with Crippen molar-refractivity contribution in [2.75, 3.05) is 20.2 Å². The van der Waals surface area contributed by atoms with E-state index in [2.05, 4.69) is 4.98 Å². The molecular weight excluding hydrogens is 431 g/mol. The van der Waals surface area contributed by atoms with Gasteiger partial charge >= 0.3 is 0 Å². The standard InChI is InChI=1S/C27H25FN4O2/c1-31(16-17-34-25-12-10-24(28)11-13-25)26(33)14-9-23-20-32(19-21-6-3-2-4-7-21)30-27(23)22-8-5-15-29-18-22/h2-15,18,20H,16-17,19H2,1H3/b14-9+. The lowest BCUT2D eigenvalue weighted by Crippen LogP contribution is -2.29. The van der Waals surface area contributed by atoms with Gasteiger partial charge in [-0.2, -0.15) is 5.10 Å². The monoisotopic (exact) mass is 456 g/mol. The van der Waals surface area contributed by atoms with Crippen LogP contribution in [-0.4, -0.2) is 45.8 Å². The Hall–Kier alpha value is -4.26. The van der Waals surface area contributed by atoms with E-state index < -0.39 is 0 Å². The Balaban J connectivity index is 1.43. The fourth-order valence-electron chi connectivity index (χ4n) is 3.37. The molecule has 1 amide bonds. The molecule has 0 atom stereocenters. The van der Waals surface area contributed by atoms with Gasteiger partial charge in [-0.3, -0.25) is 14.5 Å². The molecule has 6 nitrogen and oxygen atoms in total. The van der Waals surface area contributed by atoms with Gasteiger partial charge in [0, 0.05) is 42.8 Å². The van der Waals surface area contributed by atoms with Gasteiger partial charge in [-0.25, -0.2) is 4.39 Å². The van der Waals surface area contributed by atoms with Crippen molar-refractivity contribution in [3.05, 3.63) is 108 Å². The van der Waals surface area contributed by atoms with Crippen LogP contribution in [-0.2, 0) is 11.3 Å². The molecule has 4 aromatic rings. The van der Waals surface area contributed by atoms with Crippen molar-refractivity contribution in [1.29, 1.82) is 0 Å². The summed E-state index contributed by atoms with van der Waals surface area (Å²) in [5.41, 5.74) is 3.60. The molecule has 0 spiro atoms. The summed E-state index contributed by atoms with van der Waals surface area (Å²) in [5.74, 6) is 0.0860. The van der Waals surface area contributed by atoms with Crippen molar-refractivity contribution in [2.45, 2.75) is 6.54 Å². The van der Waals surface area contributed by atoms with E-state index in [0.29, 0.717) is 25.4 Å². The van der Waals surface area contributed by atoms with E-state index >= 15 is 0 Å². The van der Waals surface area contributed by atoms with E-state index in [0.717, 1.165) is 22.4 Å². The lowest BCUT2D eigenvalue weighted by molar-refractivity contribution is -0.125. The van der Waals surface area contributed by atoms with Crippen molar-refractivity contribution >= 4 is 12.0 Å². The highest BCUT2D eigenvalue weighted by Gasteiger charge is 2.11. The van der Waals surface area contributed by atoms with Crippen LogP contribution in [0.15, 0.2) is 91.4 Å². The molecule has 0 N–H and O–H groups in total. The predicted octanol–water partition coefficient (Wildman–Crippen LogP) is 4.68. The average Bonchev–Trinajstić information content (AvgIpc) is 3.27. The van der Waals surface area contributed by atoms with Crippen LogP contribution in [0.25, 0.3) is 17.3 Å². The molecular formula is C27H25FN4O2. The Morgan fingerprint density at radius 3 is 2.62 bits per heavy atom. The number of amides is 1. The number of nitrogens with zero attached hydrogens (tertiary/aromatic N) is 4. The highest BCUT2D eigenvalue weighted by Crippen LogP contribution is 2.23. The molecule has 0 bridgehead atoms. The lowest BCUT2D eigenvalue weighted by atomic mass is 10.1. The van der Waals surface area contributed by atoms with Crippen molar-refractivity contribution < 1.29 is 13.9 Å².